The lowest BCUT2D eigenvalue weighted by atomic mass is 10.4. The molecule has 3 aromatic rings. The van der Waals surface area contributed by atoms with Crippen molar-refractivity contribution in [2.45, 2.75) is 0 Å². The van der Waals surface area contributed by atoms with Crippen LogP contribution in [-0.2, 0) is 0 Å². The Hall–Kier alpha value is -2.97. The van der Waals surface area contributed by atoms with Crippen LogP contribution in [-0.4, -0.2) is 40.6 Å². The number of hydrogen-bond acceptors (Lipinski definition) is 6. The second-order valence-corrected chi connectivity index (χ2v) is 3.46. The quantitative estimate of drug-likeness (QED) is 0.269. The molecule has 0 spiro atoms. The van der Waals surface area contributed by atoms with Crippen LogP contribution < -0.4 is 5.73 Å². The number of amidine groups is 1. The molecule has 3 N–H and O–H groups in total. The molecule has 3 rings (SSSR count). The summed E-state index contributed by atoms with van der Waals surface area (Å²) < 4.78 is 3.17. The Balaban J connectivity index is 2.27. The second kappa shape index (κ2) is 3.80. The molecule has 0 amide bonds. The highest BCUT2D eigenvalue weighted by atomic mass is 16.4. The Bertz CT molecular complexity index is 727. The molecule has 0 aromatic carbocycles. The number of tetrazole rings is 1. The molecule has 0 unspecified atom stereocenters. The first-order chi connectivity index (χ1) is 8.81. The lowest BCUT2D eigenvalue weighted by molar-refractivity contribution is 0.318. The number of hydrogen-bond donors (Lipinski definition) is 2. The van der Waals surface area contributed by atoms with E-state index in [9.17, 15) is 0 Å². The monoisotopic (exact) mass is 244 g/mol. The molecule has 0 atom stereocenters. The van der Waals surface area contributed by atoms with Crippen molar-refractivity contribution in [3.05, 3.63) is 36.4 Å². The zero-order valence-corrected chi connectivity index (χ0v) is 9.04. The van der Waals surface area contributed by atoms with Gasteiger partial charge in [-0.1, -0.05) is 5.16 Å². The first kappa shape index (κ1) is 10.2. The highest BCUT2D eigenvalue weighted by Gasteiger charge is 2.11. The first-order valence-electron chi connectivity index (χ1n) is 4.99. The minimum absolute atomic E-state index is 0.00919. The smallest absolute Gasteiger partial charge is 0.199 e. The van der Waals surface area contributed by atoms with Crippen molar-refractivity contribution in [2.75, 3.05) is 0 Å². The molecule has 0 saturated carbocycles. The van der Waals surface area contributed by atoms with Gasteiger partial charge in [-0.25, -0.2) is 0 Å². The number of oxime groups is 1. The van der Waals surface area contributed by atoms with Gasteiger partial charge < -0.3 is 10.9 Å². The molecule has 0 bridgehead atoms. The van der Waals surface area contributed by atoms with Crippen LogP contribution in [0.1, 0.15) is 5.69 Å². The maximum Gasteiger partial charge on any atom is 0.199 e. The van der Waals surface area contributed by atoms with Gasteiger partial charge in [-0.15, -0.1) is 5.10 Å². The van der Waals surface area contributed by atoms with E-state index in [1.165, 1.54) is 10.7 Å². The Morgan fingerprint density at radius 2 is 2.28 bits per heavy atom. The van der Waals surface area contributed by atoms with Gasteiger partial charge in [0.05, 0.1) is 18.1 Å². The van der Waals surface area contributed by atoms with E-state index in [-0.39, 0.29) is 5.84 Å². The average molecular weight is 244 g/mol. The number of rotatable bonds is 2. The van der Waals surface area contributed by atoms with Crippen LogP contribution in [0.15, 0.2) is 35.9 Å². The SMILES string of the molecule is N/C(=N/O)c1cccn1-c1cncc2nnnn12. The van der Waals surface area contributed by atoms with Gasteiger partial charge >= 0.3 is 0 Å². The van der Waals surface area contributed by atoms with Gasteiger partial charge in [0, 0.05) is 6.20 Å². The molecule has 0 fully saturated rings. The molecule has 0 aliphatic heterocycles. The summed E-state index contributed by atoms with van der Waals surface area (Å²) in [4.78, 5) is 4.04. The molecule has 9 heteroatoms. The highest BCUT2D eigenvalue weighted by Crippen LogP contribution is 2.11. The predicted octanol–water partition coefficient (Wildman–Crippen LogP) is -0.596. The molecule has 18 heavy (non-hydrogen) atoms. The van der Waals surface area contributed by atoms with E-state index in [0.29, 0.717) is 17.2 Å². The molecule has 0 saturated heterocycles. The van der Waals surface area contributed by atoms with Crippen molar-refractivity contribution in [2.24, 2.45) is 10.9 Å². The molecule has 3 heterocycles. The van der Waals surface area contributed by atoms with Gasteiger partial charge in [0.2, 0.25) is 0 Å². The van der Waals surface area contributed by atoms with Gasteiger partial charge in [-0.05, 0) is 22.6 Å². The van der Waals surface area contributed by atoms with Crippen LogP contribution in [0.4, 0.5) is 0 Å². The Kier molecular flexibility index (Phi) is 2.15. The van der Waals surface area contributed by atoms with Crippen molar-refractivity contribution >= 4 is 11.5 Å². The van der Waals surface area contributed by atoms with Crippen molar-refractivity contribution in [1.29, 1.82) is 0 Å². The van der Waals surface area contributed by atoms with E-state index in [2.05, 4.69) is 25.7 Å². The fraction of sp³-hybridized carbons (Fsp3) is 0. The van der Waals surface area contributed by atoms with E-state index >= 15 is 0 Å². The van der Waals surface area contributed by atoms with Crippen LogP contribution in [0.25, 0.3) is 11.5 Å². The number of aromatic nitrogens is 6. The Labute approximate surface area is 100 Å². The fourth-order valence-corrected chi connectivity index (χ4v) is 1.67. The summed E-state index contributed by atoms with van der Waals surface area (Å²) in [6.45, 7) is 0. The Morgan fingerprint density at radius 3 is 3.11 bits per heavy atom. The summed E-state index contributed by atoms with van der Waals surface area (Å²) in [6, 6.07) is 3.47. The number of fused-ring (bicyclic) bond motifs is 1. The van der Waals surface area contributed by atoms with Crippen LogP contribution in [0.3, 0.4) is 0 Å². The molecule has 0 aliphatic carbocycles. The molecular weight excluding hydrogens is 236 g/mol. The number of nitrogens with zero attached hydrogens (tertiary/aromatic N) is 7. The van der Waals surface area contributed by atoms with E-state index in [1.807, 2.05) is 0 Å². The van der Waals surface area contributed by atoms with Crippen LogP contribution in [0.2, 0.25) is 0 Å². The lowest BCUT2D eigenvalue weighted by Crippen LogP contribution is -2.18. The molecule has 3 aromatic heterocycles. The fourth-order valence-electron chi connectivity index (χ4n) is 1.67. The summed E-state index contributed by atoms with van der Waals surface area (Å²) in [7, 11) is 0. The third-order valence-corrected chi connectivity index (χ3v) is 2.46. The maximum absolute atomic E-state index is 8.74. The molecule has 9 nitrogen and oxygen atoms in total. The molecule has 0 aliphatic rings. The van der Waals surface area contributed by atoms with Crippen LogP contribution in [0.5, 0.6) is 0 Å². The predicted molar refractivity (Wildman–Crippen MR) is 60.4 cm³/mol. The van der Waals surface area contributed by atoms with Gasteiger partial charge in [0.1, 0.15) is 0 Å². The summed E-state index contributed by atoms with van der Waals surface area (Å²) in [6.07, 6.45) is 4.86. The van der Waals surface area contributed by atoms with Gasteiger partial charge in [0.25, 0.3) is 0 Å². The van der Waals surface area contributed by atoms with E-state index in [4.69, 9.17) is 10.9 Å². The topological polar surface area (TPSA) is 120 Å². The van der Waals surface area contributed by atoms with Crippen molar-refractivity contribution in [3.8, 4) is 5.82 Å². The highest BCUT2D eigenvalue weighted by molar-refractivity contribution is 5.96. The Morgan fingerprint density at radius 1 is 1.39 bits per heavy atom. The van der Waals surface area contributed by atoms with Gasteiger partial charge in [0.15, 0.2) is 17.3 Å². The van der Waals surface area contributed by atoms with E-state index in [0.717, 1.165) is 0 Å². The summed E-state index contributed by atoms with van der Waals surface area (Å²) in [5.74, 6) is 0.578. The normalized spacial score (nSPS) is 12.1. The second-order valence-electron chi connectivity index (χ2n) is 3.46. The number of nitrogens with two attached hydrogens (primary N) is 1. The van der Waals surface area contributed by atoms with E-state index < -0.39 is 0 Å². The minimum Gasteiger partial charge on any atom is -0.409 e. The summed E-state index contributed by atoms with van der Waals surface area (Å²) in [5.41, 5.74) is 6.62. The lowest BCUT2D eigenvalue weighted by Gasteiger charge is -2.07. The molecular formula is C9H8N8O. The maximum atomic E-state index is 8.74. The summed E-state index contributed by atoms with van der Waals surface area (Å²) >= 11 is 0. The van der Waals surface area contributed by atoms with Crippen molar-refractivity contribution in [3.63, 3.8) is 0 Å². The third-order valence-electron chi connectivity index (χ3n) is 2.46. The molecule has 0 radical (unpaired) electrons. The van der Waals surface area contributed by atoms with Crippen LogP contribution >= 0.6 is 0 Å². The van der Waals surface area contributed by atoms with Gasteiger partial charge in [-0.3, -0.25) is 9.55 Å². The minimum atomic E-state index is -0.00919. The van der Waals surface area contributed by atoms with Crippen molar-refractivity contribution in [1.82, 2.24) is 29.6 Å². The zero-order valence-electron chi connectivity index (χ0n) is 9.04. The molecule has 90 valence electrons. The largest absolute Gasteiger partial charge is 0.409 e. The zero-order chi connectivity index (χ0) is 12.5. The average Bonchev–Trinajstić information content (AvgIpc) is 3.05. The third kappa shape index (κ3) is 1.38. The standard InChI is InChI=1S/C9H8N8O/c10-9(13-18)6-2-1-3-16(6)8-5-11-4-7-12-14-15-17(7)8/h1-5,18H,(H2,10,13). The van der Waals surface area contributed by atoms with Crippen LogP contribution in [0, 0.1) is 0 Å². The summed E-state index contributed by atoms with van der Waals surface area (Å²) in [5, 5.41) is 22.9. The van der Waals surface area contributed by atoms with Gasteiger partial charge in [-0.2, -0.15) is 4.52 Å². The first-order valence-corrected chi connectivity index (χ1v) is 4.99. The van der Waals surface area contributed by atoms with Crippen molar-refractivity contribution < 1.29 is 5.21 Å². The van der Waals surface area contributed by atoms with E-state index in [1.54, 1.807) is 29.1 Å².